The Kier molecular flexibility index (Phi) is 4.55. The van der Waals surface area contributed by atoms with Gasteiger partial charge in [0, 0.05) is 32.1 Å². The SMILES string of the molecule is CCNCCc1cn(CCc2ccc3c(c2)CCO3)cn1. The average Bonchev–Trinajstić information content (AvgIpc) is 3.13. The molecule has 0 fully saturated rings. The molecule has 0 amide bonds. The molecule has 3 rings (SSSR count). The summed E-state index contributed by atoms with van der Waals surface area (Å²) in [6.07, 6.45) is 7.18. The molecule has 0 aliphatic carbocycles. The number of ether oxygens (including phenoxy) is 1. The number of likely N-dealkylation sites (N-methyl/N-ethyl adjacent to an activating group) is 1. The van der Waals surface area contributed by atoms with Gasteiger partial charge < -0.3 is 14.6 Å². The zero-order valence-corrected chi connectivity index (χ0v) is 12.6. The van der Waals surface area contributed by atoms with Crippen molar-refractivity contribution in [3.63, 3.8) is 0 Å². The number of aryl methyl sites for hydroxylation is 2. The summed E-state index contributed by atoms with van der Waals surface area (Å²) in [6, 6.07) is 6.56. The molecule has 2 aromatic rings. The Balaban J connectivity index is 1.53. The van der Waals surface area contributed by atoms with Gasteiger partial charge >= 0.3 is 0 Å². The summed E-state index contributed by atoms with van der Waals surface area (Å²) in [7, 11) is 0. The van der Waals surface area contributed by atoms with E-state index in [1.54, 1.807) is 0 Å². The van der Waals surface area contributed by atoms with Crippen molar-refractivity contribution >= 4 is 0 Å². The number of nitrogens with zero attached hydrogens (tertiary/aromatic N) is 2. The zero-order chi connectivity index (χ0) is 14.5. The van der Waals surface area contributed by atoms with Crippen LogP contribution in [0.3, 0.4) is 0 Å². The predicted octanol–water partition coefficient (Wildman–Crippen LogP) is 2.21. The van der Waals surface area contributed by atoms with Crippen LogP contribution in [0.2, 0.25) is 0 Å². The first-order chi connectivity index (χ1) is 10.3. The largest absolute Gasteiger partial charge is 0.493 e. The lowest BCUT2D eigenvalue weighted by Crippen LogP contribution is -2.16. The molecule has 1 aromatic carbocycles. The Bertz CT molecular complexity index is 591. The first-order valence-electron chi connectivity index (χ1n) is 7.81. The van der Waals surface area contributed by atoms with Gasteiger partial charge in [0.2, 0.25) is 0 Å². The number of fused-ring (bicyclic) bond motifs is 1. The van der Waals surface area contributed by atoms with E-state index in [-0.39, 0.29) is 0 Å². The van der Waals surface area contributed by atoms with Gasteiger partial charge in [-0.25, -0.2) is 4.98 Å². The number of imidazole rings is 1. The van der Waals surface area contributed by atoms with E-state index in [0.29, 0.717) is 0 Å². The minimum absolute atomic E-state index is 0.829. The van der Waals surface area contributed by atoms with E-state index in [0.717, 1.165) is 51.3 Å². The Morgan fingerprint density at radius 1 is 1.33 bits per heavy atom. The third-order valence-electron chi connectivity index (χ3n) is 3.91. The zero-order valence-electron chi connectivity index (χ0n) is 12.6. The van der Waals surface area contributed by atoms with Crippen molar-refractivity contribution in [3.05, 3.63) is 47.5 Å². The maximum atomic E-state index is 5.55. The number of benzene rings is 1. The molecule has 0 bridgehead atoms. The highest BCUT2D eigenvalue weighted by Crippen LogP contribution is 2.26. The summed E-state index contributed by atoms with van der Waals surface area (Å²) in [5.74, 6) is 1.06. The van der Waals surface area contributed by atoms with Crippen LogP contribution in [-0.2, 0) is 25.8 Å². The van der Waals surface area contributed by atoms with E-state index in [4.69, 9.17) is 4.74 Å². The van der Waals surface area contributed by atoms with Crippen LogP contribution in [0, 0.1) is 0 Å². The van der Waals surface area contributed by atoms with Gasteiger partial charge in [0.1, 0.15) is 5.75 Å². The second kappa shape index (κ2) is 6.76. The van der Waals surface area contributed by atoms with E-state index < -0.39 is 0 Å². The molecule has 112 valence electrons. The van der Waals surface area contributed by atoms with Gasteiger partial charge in [0.05, 0.1) is 18.6 Å². The summed E-state index contributed by atoms with van der Waals surface area (Å²) in [6.45, 7) is 5.95. The summed E-state index contributed by atoms with van der Waals surface area (Å²) in [4.78, 5) is 4.46. The van der Waals surface area contributed by atoms with Crippen molar-refractivity contribution < 1.29 is 4.74 Å². The third kappa shape index (κ3) is 3.64. The van der Waals surface area contributed by atoms with Crippen molar-refractivity contribution in [1.29, 1.82) is 0 Å². The Morgan fingerprint density at radius 3 is 3.19 bits per heavy atom. The highest BCUT2D eigenvalue weighted by Gasteiger charge is 2.11. The molecule has 0 radical (unpaired) electrons. The van der Waals surface area contributed by atoms with Crippen molar-refractivity contribution in [3.8, 4) is 5.75 Å². The fourth-order valence-corrected chi connectivity index (χ4v) is 2.70. The number of nitrogens with one attached hydrogen (secondary N) is 1. The van der Waals surface area contributed by atoms with Gasteiger partial charge in [-0.15, -0.1) is 0 Å². The first-order valence-corrected chi connectivity index (χ1v) is 7.81. The van der Waals surface area contributed by atoms with Crippen LogP contribution >= 0.6 is 0 Å². The smallest absolute Gasteiger partial charge is 0.122 e. The lowest BCUT2D eigenvalue weighted by molar-refractivity contribution is 0.357. The number of aromatic nitrogens is 2. The highest BCUT2D eigenvalue weighted by atomic mass is 16.5. The quantitative estimate of drug-likeness (QED) is 0.793. The van der Waals surface area contributed by atoms with Crippen molar-refractivity contribution in [2.75, 3.05) is 19.7 Å². The summed E-state index contributed by atoms with van der Waals surface area (Å²) in [5.41, 5.74) is 3.89. The molecule has 21 heavy (non-hydrogen) atoms. The molecule has 0 spiro atoms. The fourth-order valence-electron chi connectivity index (χ4n) is 2.70. The van der Waals surface area contributed by atoms with Crippen LogP contribution in [0.5, 0.6) is 5.75 Å². The van der Waals surface area contributed by atoms with E-state index in [2.05, 4.69) is 46.2 Å². The molecular weight excluding hydrogens is 262 g/mol. The minimum Gasteiger partial charge on any atom is -0.493 e. The minimum atomic E-state index is 0.829. The first kappa shape index (κ1) is 14.1. The predicted molar refractivity (Wildman–Crippen MR) is 83.8 cm³/mol. The normalized spacial score (nSPS) is 13.2. The summed E-state index contributed by atoms with van der Waals surface area (Å²) in [5, 5.41) is 3.33. The van der Waals surface area contributed by atoms with Crippen molar-refractivity contribution in [2.24, 2.45) is 0 Å². The number of hydrogen-bond donors (Lipinski definition) is 1. The molecule has 0 saturated heterocycles. The van der Waals surface area contributed by atoms with Crippen molar-refractivity contribution in [2.45, 2.75) is 32.7 Å². The van der Waals surface area contributed by atoms with Crippen LogP contribution < -0.4 is 10.1 Å². The molecule has 4 nitrogen and oxygen atoms in total. The highest BCUT2D eigenvalue weighted by molar-refractivity contribution is 5.39. The molecule has 0 unspecified atom stereocenters. The average molecular weight is 285 g/mol. The lowest BCUT2D eigenvalue weighted by atomic mass is 10.1. The maximum Gasteiger partial charge on any atom is 0.122 e. The molecule has 1 aliphatic heterocycles. The van der Waals surface area contributed by atoms with Crippen LogP contribution in [-0.4, -0.2) is 29.2 Å². The maximum absolute atomic E-state index is 5.55. The monoisotopic (exact) mass is 285 g/mol. The molecular formula is C17H23N3O. The van der Waals surface area contributed by atoms with Gasteiger partial charge in [0.15, 0.2) is 0 Å². The Hall–Kier alpha value is -1.81. The van der Waals surface area contributed by atoms with Crippen LogP contribution in [0.4, 0.5) is 0 Å². The van der Waals surface area contributed by atoms with Crippen LogP contribution in [0.1, 0.15) is 23.7 Å². The van der Waals surface area contributed by atoms with Gasteiger partial charge in [-0.1, -0.05) is 19.1 Å². The standard InChI is InChI=1S/C17H23N3O/c1-2-18-8-5-16-12-20(13-19-16)9-6-14-3-4-17-15(11-14)7-10-21-17/h3-4,11-13,18H,2,5-10H2,1H3. The van der Waals surface area contributed by atoms with Gasteiger partial charge in [-0.3, -0.25) is 0 Å². The van der Waals surface area contributed by atoms with E-state index in [1.807, 2.05) is 6.33 Å². The molecule has 4 heteroatoms. The van der Waals surface area contributed by atoms with E-state index >= 15 is 0 Å². The molecule has 1 aliphatic rings. The lowest BCUT2D eigenvalue weighted by Gasteiger charge is -2.05. The second-order valence-corrected chi connectivity index (χ2v) is 5.50. The van der Waals surface area contributed by atoms with Gasteiger partial charge in [-0.05, 0) is 30.2 Å². The summed E-state index contributed by atoms with van der Waals surface area (Å²) < 4.78 is 7.73. The topological polar surface area (TPSA) is 39.1 Å². The fraction of sp³-hybridized carbons (Fsp3) is 0.471. The van der Waals surface area contributed by atoms with Gasteiger partial charge in [-0.2, -0.15) is 0 Å². The van der Waals surface area contributed by atoms with E-state index in [1.165, 1.54) is 16.8 Å². The Morgan fingerprint density at radius 2 is 2.29 bits per heavy atom. The molecule has 2 heterocycles. The third-order valence-corrected chi connectivity index (χ3v) is 3.91. The van der Waals surface area contributed by atoms with E-state index in [9.17, 15) is 0 Å². The molecule has 0 atom stereocenters. The van der Waals surface area contributed by atoms with Crippen LogP contribution in [0.25, 0.3) is 0 Å². The Labute approximate surface area is 126 Å². The van der Waals surface area contributed by atoms with Crippen molar-refractivity contribution in [1.82, 2.24) is 14.9 Å². The number of rotatable bonds is 7. The summed E-state index contributed by atoms with van der Waals surface area (Å²) >= 11 is 0. The molecule has 1 N–H and O–H groups in total. The molecule has 0 saturated carbocycles. The molecule has 1 aromatic heterocycles. The van der Waals surface area contributed by atoms with Gasteiger partial charge in [0.25, 0.3) is 0 Å². The number of hydrogen-bond acceptors (Lipinski definition) is 3. The second-order valence-electron chi connectivity index (χ2n) is 5.50. The van der Waals surface area contributed by atoms with Crippen LogP contribution in [0.15, 0.2) is 30.7 Å².